The molecule has 4 atom stereocenters. The molecule has 2 fully saturated rings. The molecule has 0 saturated heterocycles. The second kappa shape index (κ2) is 7.78. The van der Waals surface area contributed by atoms with E-state index in [1.165, 1.54) is 37.0 Å². The molecule has 158 valence electrons. The highest BCUT2D eigenvalue weighted by molar-refractivity contribution is 6.74. The first kappa shape index (κ1) is 21.9. The van der Waals surface area contributed by atoms with Crippen molar-refractivity contribution in [3.05, 3.63) is 23.5 Å². The number of allylic oxidation sites excluding steroid dienone is 4. The van der Waals surface area contributed by atoms with Crippen LogP contribution in [0.15, 0.2) is 23.5 Å². The minimum atomic E-state index is -1.76. The normalized spacial score (nSPS) is 34.2. The van der Waals surface area contributed by atoms with E-state index >= 15 is 0 Å². The lowest BCUT2D eigenvalue weighted by molar-refractivity contribution is -0.129. The van der Waals surface area contributed by atoms with Gasteiger partial charge in [-0.2, -0.15) is 0 Å². The third-order valence-electron chi connectivity index (χ3n) is 8.48. The van der Waals surface area contributed by atoms with Gasteiger partial charge in [-0.05, 0) is 85.6 Å². The van der Waals surface area contributed by atoms with Crippen molar-refractivity contribution in [2.24, 2.45) is 23.2 Å². The summed E-state index contributed by atoms with van der Waals surface area (Å²) in [4.78, 5) is 12.5. The summed E-state index contributed by atoms with van der Waals surface area (Å²) in [6, 6.07) is 0. The average Bonchev–Trinajstić information content (AvgIpc) is 2.92. The largest absolute Gasteiger partial charge is 0.547 e. The van der Waals surface area contributed by atoms with Crippen molar-refractivity contribution >= 4 is 14.1 Å². The highest BCUT2D eigenvalue weighted by Crippen LogP contribution is 2.57. The molecule has 0 aliphatic heterocycles. The van der Waals surface area contributed by atoms with Crippen LogP contribution in [0.1, 0.15) is 86.0 Å². The molecule has 0 aromatic rings. The van der Waals surface area contributed by atoms with Gasteiger partial charge in [0.05, 0.1) is 5.76 Å². The minimum absolute atomic E-state index is 0.227. The summed E-state index contributed by atoms with van der Waals surface area (Å²) < 4.78 is 6.61. The molecular weight excluding hydrogens is 360 g/mol. The van der Waals surface area contributed by atoms with Crippen molar-refractivity contribution in [1.82, 2.24) is 0 Å². The molecule has 3 rings (SSSR count). The van der Waals surface area contributed by atoms with E-state index in [9.17, 15) is 4.79 Å². The maximum Gasteiger partial charge on any atom is 0.250 e. The Hall–Kier alpha value is -0.833. The van der Waals surface area contributed by atoms with Crippen LogP contribution in [0.5, 0.6) is 0 Å². The van der Waals surface area contributed by atoms with Crippen LogP contribution in [0.25, 0.3) is 0 Å². The first-order valence-corrected chi connectivity index (χ1v) is 14.5. The van der Waals surface area contributed by atoms with E-state index in [2.05, 4.69) is 59.9 Å². The van der Waals surface area contributed by atoms with E-state index in [0.29, 0.717) is 23.5 Å². The molecule has 1 unspecified atom stereocenters. The smallest absolute Gasteiger partial charge is 0.250 e. The number of carbonyl (C=O) groups excluding carboxylic acids is 1. The zero-order valence-electron chi connectivity index (χ0n) is 19.4. The second-order valence-corrected chi connectivity index (χ2v) is 16.2. The fraction of sp³-hybridized carbons (Fsp3) is 0.800. The topological polar surface area (TPSA) is 26.3 Å². The van der Waals surface area contributed by atoms with Crippen LogP contribution in [0.2, 0.25) is 18.1 Å². The van der Waals surface area contributed by atoms with Gasteiger partial charge in [-0.1, -0.05) is 40.7 Å². The van der Waals surface area contributed by atoms with E-state index in [1.54, 1.807) is 0 Å². The Kier molecular flexibility index (Phi) is 6.07. The van der Waals surface area contributed by atoms with E-state index in [-0.39, 0.29) is 10.5 Å². The quantitative estimate of drug-likeness (QED) is 0.457. The third kappa shape index (κ3) is 4.20. The Morgan fingerprint density at radius 1 is 1.18 bits per heavy atom. The molecular formula is C25H42O2Si. The summed E-state index contributed by atoms with van der Waals surface area (Å²) in [6.45, 7) is 16.4. The van der Waals surface area contributed by atoms with Crippen molar-refractivity contribution in [1.29, 1.82) is 0 Å². The SMILES string of the molecule is C[C@H](/C=C1/C=C(O[Si](C)(C)C(C)(C)C)CCC1)[C@H]1CCC2C(=O)CCC[C@@]21C. The molecule has 0 amide bonds. The number of carbonyl (C=O) groups is 1. The van der Waals surface area contributed by atoms with E-state index in [4.69, 9.17) is 4.43 Å². The Balaban J connectivity index is 1.75. The number of hydrogen-bond donors (Lipinski definition) is 0. The number of hydrogen-bond acceptors (Lipinski definition) is 2. The van der Waals surface area contributed by atoms with Gasteiger partial charge in [0.25, 0.3) is 0 Å². The molecule has 2 nitrogen and oxygen atoms in total. The Bertz CT molecular complexity index is 667. The molecule has 0 N–H and O–H groups in total. The maximum atomic E-state index is 12.5. The molecule has 3 aliphatic carbocycles. The predicted molar refractivity (Wildman–Crippen MR) is 121 cm³/mol. The van der Waals surface area contributed by atoms with Crippen LogP contribution in [0.4, 0.5) is 0 Å². The van der Waals surface area contributed by atoms with Crippen molar-refractivity contribution in [2.75, 3.05) is 0 Å². The summed E-state index contributed by atoms with van der Waals surface area (Å²) in [7, 11) is -1.76. The molecule has 0 bridgehead atoms. The molecule has 3 heteroatoms. The standard InChI is InChI=1S/C25H42O2Si/c1-18(21-13-14-22-23(26)12-9-15-25(21,22)5)16-19-10-8-11-20(17-19)27-28(6,7)24(2,3)4/h16-18,21-22H,8-15H2,1-7H3/b19-16+/t18-,21-,22?,25-/m1/s1. The maximum absolute atomic E-state index is 12.5. The average molecular weight is 403 g/mol. The fourth-order valence-electron chi connectivity index (χ4n) is 5.80. The Morgan fingerprint density at radius 2 is 1.89 bits per heavy atom. The van der Waals surface area contributed by atoms with Crippen molar-refractivity contribution in [3.8, 4) is 0 Å². The van der Waals surface area contributed by atoms with Crippen LogP contribution in [-0.4, -0.2) is 14.1 Å². The van der Waals surface area contributed by atoms with Gasteiger partial charge in [0, 0.05) is 18.8 Å². The van der Waals surface area contributed by atoms with Crippen LogP contribution >= 0.6 is 0 Å². The van der Waals surface area contributed by atoms with Crippen LogP contribution in [0, 0.1) is 23.2 Å². The summed E-state index contributed by atoms with van der Waals surface area (Å²) in [5, 5.41) is 0.240. The van der Waals surface area contributed by atoms with Gasteiger partial charge in [0.1, 0.15) is 5.78 Å². The highest BCUT2D eigenvalue weighted by atomic mass is 28.4. The molecule has 0 heterocycles. The van der Waals surface area contributed by atoms with Gasteiger partial charge in [-0.25, -0.2) is 0 Å². The third-order valence-corrected chi connectivity index (χ3v) is 12.9. The molecule has 0 aromatic carbocycles. The Labute approximate surface area is 174 Å². The fourth-order valence-corrected chi connectivity index (χ4v) is 6.92. The van der Waals surface area contributed by atoms with Gasteiger partial charge in [-0.3, -0.25) is 4.79 Å². The van der Waals surface area contributed by atoms with Crippen molar-refractivity contribution in [2.45, 2.75) is 104 Å². The van der Waals surface area contributed by atoms with Crippen molar-refractivity contribution < 1.29 is 9.22 Å². The lowest BCUT2D eigenvalue weighted by Crippen LogP contribution is -2.40. The van der Waals surface area contributed by atoms with E-state index < -0.39 is 8.32 Å². The van der Waals surface area contributed by atoms with Crippen LogP contribution < -0.4 is 0 Å². The summed E-state index contributed by atoms with van der Waals surface area (Å²) in [5.41, 5.74) is 1.69. The van der Waals surface area contributed by atoms with E-state index in [0.717, 1.165) is 25.7 Å². The summed E-state index contributed by atoms with van der Waals surface area (Å²) in [5.74, 6) is 3.26. The van der Waals surface area contributed by atoms with Crippen LogP contribution in [-0.2, 0) is 9.22 Å². The molecule has 3 aliphatic rings. The van der Waals surface area contributed by atoms with Gasteiger partial charge >= 0.3 is 0 Å². The second-order valence-electron chi connectivity index (χ2n) is 11.5. The molecule has 0 radical (unpaired) electrons. The number of Topliss-reactive ketones (excluding diaryl/α,β-unsaturated/α-hetero) is 1. The van der Waals surface area contributed by atoms with Crippen LogP contribution in [0.3, 0.4) is 0 Å². The number of rotatable bonds is 4. The molecule has 0 aromatic heterocycles. The lowest BCUT2D eigenvalue weighted by atomic mass is 9.62. The monoisotopic (exact) mass is 402 g/mol. The molecule has 28 heavy (non-hydrogen) atoms. The van der Waals surface area contributed by atoms with Gasteiger partial charge in [0.15, 0.2) is 0 Å². The lowest BCUT2D eigenvalue weighted by Gasteiger charge is -2.42. The first-order chi connectivity index (χ1) is 12.9. The Morgan fingerprint density at radius 3 is 2.57 bits per heavy atom. The summed E-state index contributed by atoms with van der Waals surface area (Å²) >= 11 is 0. The van der Waals surface area contributed by atoms with Gasteiger partial charge in [-0.15, -0.1) is 0 Å². The van der Waals surface area contributed by atoms with Gasteiger partial charge in [0.2, 0.25) is 8.32 Å². The number of fused-ring (bicyclic) bond motifs is 1. The molecule has 0 spiro atoms. The zero-order chi connectivity index (χ0) is 20.7. The van der Waals surface area contributed by atoms with E-state index in [1.807, 2.05) is 0 Å². The highest BCUT2D eigenvalue weighted by Gasteiger charge is 2.52. The predicted octanol–water partition coefficient (Wildman–Crippen LogP) is 7.42. The van der Waals surface area contributed by atoms with Gasteiger partial charge < -0.3 is 4.43 Å². The summed E-state index contributed by atoms with van der Waals surface area (Å²) in [6.07, 6.45) is 13.8. The van der Waals surface area contributed by atoms with Crippen molar-refractivity contribution in [3.63, 3.8) is 0 Å². The zero-order valence-corrected chi connectivity index (χ0v) is 20.4. The molecule has 2 saturated carbocycles. The minimum Gasteiger partial charge on any atom is -0.547 e. The first-order valence-electron chi connectivity index (χ1n) is 11.6. The number of ketones is 1.